The van der Waals surface area contributed by atoms with Crippen LogP contribution >= 0.6 is 11.6 Å². The molecule has 0 saturated heterocycles. The van der Waals surface area contributed by atoms with Gasteiger partial charge in [-0.25, -0.2) is 0 Å². The van der Waals surface area contributed by atoms with E-state index in [2.05, 4.69) is 40.6 Å². The molecular weight excluding hydrogens is 262 g/mol. The lowest BCUT2D eigenvalue weighted by Crippen LogP contribution is -2.34. The number of rotatable bonds is 7. The lowest BCUT2D eigenvalue weighted by Gasteiger charge is -2.27. The molecule has 0 atom stereocenters. The molecule has 5 nitrogen and oxygen atoms in total. The maximum Gasteiger partial charge on any atom is 0.231 e. The minimum Gasteiger partial charge on any atom is -0.347 e. The van der Waals surface area contributed by atoms with Gasteiger partial charge < -0.3 is 9.80 Å². The fraction of sp³-hybridized carbons (Fsp3) is 0.769. The van der Waals surface area contributed by atoms with Gasteiger partial charge in [-0.3, -0.25) is 0 Å². The first-order valence-electron chi connectivity index (χ1n) is 6.81. The van der Waals surface area contributed by atoms with Crippen LogP contribution in [0.4, 0.5) is 11.9 Å². The van der Waals surface area contributed by atoms with Gasteiger partial charge in [0.2, 0.25) is 17.2 Å². The lowest BCUT2D eigenvalue weighted by molar-refractivity contribution is 0.611. The average Bonchev–Trinajstić information content (AvgIpc) is 2.33. The third-order valence-corrected chi connectivity index (χ3v) is 3.04. The Balaban J connectivity index is 2.94. The Morgan fingerprint density at radius 2 is 1.68 bits per heavy atom. The summed E-state index contributed by atoms with van der Waals surface area (Å²) in [5.41, 5.74) is 0. The quantitative estimate of drug-likeness (QED) is 0.721. The van der Waals surface area contributed by atoms with Gasteiger partial charge in [0, 0.05) is 26.7 Å². The maximum atomic E-state index is 5.99. The van der Waals surface area contributed by atoms with Crippen molar-refractivity contribution >= 4 is 23.5 Å². The highest BCUT2D eigenvalue weighted by Crippen LogP contribution is 2.18. The van der Waals surface area contributed by atoms with Crippen LogP contribution in [0, 0.1) is 0 Å². The first-order valence-corrected chi connectivity index (χ1v) is 7.19. The summed E-state index contributed by atoms with van der Waals surface area (Å²) in [5.74, 6) is 1.26. The molecule has 0 aliphatic rings. The summed E-state index contributed by atoms with van der Waals surface area (Å²) in [6.45, 7) is 7.42. The molecular formula is C13H24ClN5. The van der Waals surface area contributed by atoms with E-state index in [0.29, 0.717) is 17.9 Å². The Hall–Kier alpha value is -1.10. The molecule has 0 aliphatic carbocycles. The summed E-state index contributed by atoms with van der Waals surface area (Å²) in [6.07, 6.45) is 3.55. The number of hydrogen-bond donors (Lipinski definition) is 0. The zero-order valence-corrected chi connectivity index (χ0v) is 13.3. The van der Waals surface area contributed by atoms with Gasteiger partial charge in [0.25, 0.3) is 0 Å². The third-order valence-electron chi connectivity index (χ3n) is 2.87. The van der Waals surface area contributed by atoms with Gasteiger partial charge in [0.1, 0.15) is 0 Å². The monoisotopic (exact) mass is 285 g/mol. The first-order chi connectivity index (χ1) is 8.95. The molecule has 1 heterocycles. The van der Waals surface area contributed by atoms with E-state index in [1.165, 1.54) is 12.8 Å². The molecule has 19 heavy (non-hydrogen) atoms. The van der Waals surface area contributed by atoms with E-state index in [1.807, 2.05) is 19.0 Å². The van der Waals surface area contributed by atoms with Crippen molar-refractivity contribution in [2.45, 2.75) is 46.1 Å². The largest absolute Gasteiger partial charge is 0.347 e. The normalized spacial score (nSPS) is 10.9. The van der Waals surface area contributed by atoms with Crippen LogP contribution in [0.25, 0.3) is 0 Å². The van der Waals surface area contributed by atoms with E-state index < -0.39 is 0 Å². The Labute approximate surface area is 121 Å². The summed E-state index contributed by atoms with van der Waals surface area (Å²) in [4.78, 5) is 16.9. The van der Waals surface area contributed by atoms with E-state index in [1.54, 1.807) is 0 Å². The van der Waals surface area contributed by atoms with E-state index in [-0.39, 0.29) is 5.28 Å². The number of halogens is 1. The van der Waals surface area contributed by atoms with Crippen LogP contribution in [0.1, 0.15) is 40.0 Å². The topological polar surface area (TPSA) is 45.2 Å². The molecule has 0 spiro atoms. The van der Waals surface area contributed by atoms with E-state index in [4.69, 9.17) is 11.6 Å². The van der Waals surface area contributed by atoms with Crippen molar-refractivity contribution in [3.8, 4) is 0 Å². The SMILES string of the molecule is CCCCCN(c1nc(Cl)nc(N(C)C)n1)C(C)C. The van der Waals surface area contributed by atoms with Gasteiger partial charge in [0.15, 0.2) is 0 Å². The predicted octanol–water partition coefficient (Wildman–Crippen LogP) is 3.00. The van der Waals surface area contributed by atoms with Crippen molar-refractivity contribution in [2.75, 3.05) is 30.4 Å². The van der Waals surface area contributed by atoms with Crippen molar-refractivity contribution in [3.05, 3.63) is 5.28 Å². The van der Waals surface area contributed by atoms with Gasteiger partial charge in [-0.1, -0.05) is 19.8 Å². The smallest absolute Gasteiger partial charge is 0.231 e. The molecule has 108 valence electrons. The van der Waals surface area contributed by atoms with Gasteiger partial charge >= 0.3 is 0 Å². The first kappa shape index (κ1) is 16.0. The highest BCUT2D eigenvalue weighted by Gasteiger charge is 2.16. The van der Waals surface area contributed by atoms with Crippen LogP contribution < -0.4 is 9.80 Å². The highest BCUT2D eigenvalue weighted by molar-refractivity contribution is 6.28. The standard InChI is InChI=1S/C13H24ClN5/c1-6-7-8-9-19(10(2)3)13-16-11(14)15-12(17-13)18(4)5/h10H,6-9H2,1-5H3. The molecule has 1 aromatic rings. The molecule has 0 bridgehead atoms. The molecule has 0 N–H and O–H groups in total. The number of hydrogen-bond acceptors (Lipinski definition) is 5. The average molecular weight is 286 g/mol. The number of unbranched alkanes of at least 4 members (excludes halogenated alkanes) is 2. The van der Waals surface area contributed by atoms with Gasteiger partial charge in [0.05, 0.1) is 0 Å². The third kappa shape index (κ3) is 4.82. The fourth-order valence-electron chi connectivity index (χ4n) is 1.78. The van der Waals surface area contributed by atoms with Crippen molar-refractivity contribution in [2.24, 2.45) is 0 Å². The Morgan fingerprint density at radius 3 is 2.21 bits per heavy atom. The summed E-state index contributed by atoms with van der Waals surface area (Å²) in [7, 11) is 3.79. The lowest BCUT2D eigenvalue weighted by atomic mass is 10.2. The fourth-order valence-corrected chi connectivity index (χ4v) is 1.93. The molecule has 0 unspecified atom stereocenters. The van der Waals surface area contributed by atoms with Gasteiger partial charge in [-0.2, -0.15) is 15.0 Å². The van der Waals surface area contributed by atoms with Gasteiger partial charge in [-0.15, -0.1) is 0 Å². The van der Waals surface area contributed by atoms with Crippen molar-refractivity contribution < 1.29 is 0 Å². The second-order valence-corrected chi connectivity index (χ2v) is 5.43. The molecule has 1 rings (SSSR count). The van der Waals surface area contributed by atoms with Crippen LogP contribution in [0.2, 0.25) is 5.28 Å². The minimum atomic E-state index is 0.245. The zero-order chi connectivity index (χ0) is 14.4. The van der Waals surface area contributed by atoms with Crippen molar-refractivity contribution in [1.82, 2.24) is 15.0 Å². The van der Waals surface area contributed by atoms with Gasteiger partial charge in [-0.05, 0) is 31.9 Å². The van der Waals surface area contributed by atoms with Crippen LogP contribution in [-0.4, -0.2) is 41.6 Å². The van der Waals surface area contributed by atoms with Crippen LogP contribution in [0.5, 0.6) is 0 Å². The molecule has 0 saturated carbocycles. The van der Waals surface area contributed by atoms with Crippen LogP contribution in [-0.2, 0) is 0 Å². The highest BCUT2D eigenvalue weighted by atomic mass is 35.5. The Bertz CT molecular complexity index is 395. The summed E-state index contributed by atoms with van der Waals surface area (Å²) in [5, 5.41) is 0.245. The summed E-state index contributed by atoms with van der Waals surface area (Å²) < 4.78 is 0. The molecule has 0 radical (unpaired) electrons. The second-order valence-electron chi connectivity index (χ2n) is 5.09. The summed E-state index contributed by atoms with van der Waals surface area (Å²) >= 11 is 5.99. The molecule has 0 aromatic carbocycles. The van der Waals surface area contributed by atoms with E-state index in [9.17, 15) is 0 Å². The van der Waals surface area contributed by atoms with Crippen molar-refractivity contribution in [3.63, 3.8) is 0 Å². The van der Waals surface area contributed by atoms with E-state index >= 15 is 0 Å². The summed E-state index contributed by atoms with van der Waals surface area (Å²) in [6, 6.07) is 0.338. The van der Waals surface area contributed by atoms with Crippen LogP contribution in [0.15, 0.2) is 0 Å². The molecule has 0 fully saturated rings. The predicted molar refractivity (Wildman–Crippen MR) is 81.2 cm³/mol. The number of anilines is 2. The molecule has 0 aliphatic heterocycles. The number of aromatic nitrogens is 3. The maximum absolute atomic E-state index is 5.99. The van der Waals surface area contributed by atoms with Crippen molar-refractivity contribution in [1.29, 1.82) is 0 Å². The van der Waals surface area contributed by atoms with E-state index in [0.717, 1.165) is 13.0 Å². The minimum absolute atomic E-state index is 0.245. The number of nitrogens with zero attached hydrogens (tertiary/aromatic N) is 5. The van der Waals surface area contributed by atoms with Crippen LogP contribution in [0.3, 0.4) is 0 Å². The Kier molecular flexibility index (Phi) is 6.28. The molecule has 0 amide bonds. The molecule has 1 aromatic heterocycles. The molecule has 6 heteroatoms. The zero-order valence-electron chi connectivity index (χ0n) is 12.5. The Morgan fingerprint density at radius 1 is 1.05 bits per heavy atom. The second kappa shape index (κ2) is 7.48.